The summed E-state index contributed by atoms with van der Waals surface area (Å²) in [6.07, 6.45) is 18.9. The van der Waals surface area contributed by atoms with E-state index in [0.29, 0.717) is 83.6 Å². The van der Waals surface area contributed by atoms with E-state index >= 15 is 0 Å². The number of carboxylic acids is 1. The van der Waals surface area contributed by atoms with E-state index in [0.717, 1.165) is 96.3 Å². The van der Waals surface area contributed by atoms with E-state index in [4.69, 9.17) is 10.8 Å². The molecule has 0 radical (unpaired) electrons. The third-order valence-corrected chi connectivity index (χ3v) is 16.7. The van der Waals surface area contributed by atoms with Gasteiger partial charge in [-0.25, -0.2) is 0 Å². The maximum Gasteiger partial charge on any atom is 0.306 e. The molecule has 0 aliphatic rings. The molecule has 16 unspecified atom stereocenters. The molecule has 466 valence electrons. The lowest BCUT2D eigenvalue weighted by atomic mass is 9.84. The Bertz CT molecular complexity index is 1380. The lowest BCUT2D eigenvalue weighted by Crippen LogP contribution is -2.34. The van der Waals surface area contributed by atoms with Crippen LogP contribution in [-0.4, -0.2) is 158 Å². The summed E-state index contributed by atoms with van der Waals surface area (Å²) < 4.78 is 0. The molecular formula is C62H123NO15. The first kappa shape index (κ1) is 76.6. The fourth-order valence-corrected chi connectivity index (χ4v) is 11.0. The normalized spacial score (nSPS) is 18.4. The Morgan fingerprint density at radius 3 is 0.987 bits per heavy atom. The van der Waals surface area contributed by atoms with Gasteiger partial charge in [0.05, 0.1) is 79.2 Å². The summed E-state index contributed by atoms with van der Waals surface area (Å²) in [7, 11) is 0. The molecule has 0 saturated carbocycles. The van der Waals surface area contributed by atoms with Gasteiger partial charge in [-0.15, -0.1) is 0 Å². The van der Waals surface area contributed by atoms with Gasteiger partial charge in [0, 0.05) is 18.3 Å². The van der Waals surface area contributed by atoms with Crippen LogP contribution < -0.4 is 5.73 Å². The Morgan fingerprint density at radius 1 is 0.333 bits per heavy atom. The van der Waals surface area contributed by atoms with Gasteiger partial charge in [0.2, 0.25) is 0 Å². The van der Waals surface area contributed by atoms with Gasteiger partial charge in [-0.1, -0.05) is 143 Å². The van der Waals surface area contributed by atoms with Crippen LogP contribution in [0.15, 0.2) is 0 Å². The average molecular weight is 1120 g/mol. The highest BCUT2D eigenvalue weighted by Crippen LogP contribution is 2.26. The minimum absolute atomic E-state index is 0.000657. The molecule has 0 spiro atoms. The van der Waals surface area contributed by atoms with Crippen LogP contribution in [0.3, 0.4) is 0 Å². The lowest BCUT2D eigenvalue weighted by Gasteiger charge is -2.28. The predicted molar refractivity (Wildman–Crippen MR) is 310 cm³/mol. The standard InChI is InChI=1S/C62H123NO15/c1-45(27-19-15-11-10-12-16-20-28-46(2)62(77)78)61(76)48(4)59(74)37-22-18-14-9-7-5-6-8-13-17-21-36-58(73)47(3)60(75)44-57(72)43-54(69)34-25-33-53(68)42-56(71)41-52(67)32-24-31-50(65)39-49(64)29-23-30-51(66)40-55(70)35-26-38-63/h45-59,61,64-74,76H,5-44,63H2,1-4H3,(H,77,78). The Morgan fingerprint density at radius 2 is 0.628 bits per heavy atom. The molecule has 0 saturated heterocycles. The van der Waals surface area contributed by atoms with Gasteiger partial charge in [0.15, 0.2) is 0 Å². The average Bonchev–Trinajstić information content (AvgIpc) is 3.37. The van der Waals surface area contributed by atoms with E-state index in [-0.39, 0.29) is 62.1 Å². The van der Waals surface area contributed by atoms with Gasteiger partial charge < -0.3 is 72.1 Å². The third-order valence-electron chi connectivity index (χ3n) is 16.7. The number of carbonyl (C=O) groups excluding carboxylic acids is 1. The number of unbranched alkanes of at least 4 members (excludes halogenated alkanes) is 16. The fraction of sp³-hybridized carbons (Fsp3) is 0.968. The molecule has 0 amide bonds. The maximum absolute atomic E-state index is 12.8. The number of aliphatic carboxylic acids is 1. The number of hydrogen-bond acceptors (Lipinski definition) is 15. The minimum Gasteiger partial charge on any atom is -0.481 e. The molecule has 15 N–H and O–H groups in total. The van der Waals surface area contributed by atoms with Crippen molar-refractivity contribution < 1.29 is 76.0 Å². The quantitative estimate of drug-likeness (QED) is 0.0253. The lowest BCUT2D eigenvalue weighted by molar-refractivity contribution is -0.141. The topological polar surface area (TPSA) is 323 Å². The summed E-state index contributed by atoms with van der Waals surface area (Å²) in [6.45, 7) is 8.00. The van der Waals surface area contributed by atoms with Gasteiger partial charge in [-0.3, -0.25) is 9.59 Å². The van der Waals surface area contributed by atoms with Crippen LogP contribution in [0.1, 0.15) is 278 Å². The van der Waals surface area contributed by atoms with Crippen molar-refractivity contribution in [1.29, 1.82) is 0 Å². The minimum atomic E-state index is -1.05. The zero-order chi connectivity index (χ0) is 58.7. The van der Waals surface area contributed by atoms with Gasteiger partial charge in [-0.05, 0) is 141 Å². The van der Waals surface area contributed by atoms with Crippen molar-refractivity contribution in [3.63, 3.8) is 0 Å². The molecule has 0 heterocycles. The molecule has 16 heteroatoms. The molecule has 0 bridgehead atoms. The molecule has 78 heavy (non-hydrogen) atoms. The van der Waals surface area contributed by atoms with Crippen molar-refractivity contribution in [2.24, 2.45) is 29.4 Å². The largest absolute Gasteiger partial charge is 0.481 e. The van der Waals surface area contributed by atoms with E-state index in [9.17, 15) is 70.9 Å². The molecular weight excluding hydrogens is 999 g/mol. The van der Waals surface area contributed by atoms with Crippen LogP contribution in [0.25, 0.3) is 0 Å². The summed E-state index contributed by atoms with van der Waals surface area (Å²) in [5.41, 5.74) is 5.45. The van der Waals surface area contributed by atoms with Crippen LogP contribution >= 0.6 is 0 Å². The van der Waals surface area contributed by atoms with Crippen molar-refractivity contribution in [3.05, 3.63) is 0 Å². The highest BCUT2D eigenvalue weighted by atomic mass is 16.4. The summed E-state index contributed by atoms with van der Waals surface area (Å²) in [4.78, 5) is 23.8. The van der Waals surface area contributed by atoms with Crippen molar-refractivity contribution in [2.75, 3.05) is 6.54 Å². The van der Waals surface area contributed by atoms with Crippen LogP contribution in [0, 0.1) is 23.7 Å². The highest BCUT2D eigenvalue weighted by Gasteiger charge is 2.28. The molecule has 0 rings (SSSR count). The van der Waals surface area contributed by atoms with Crippen molar-refractivity contribution >= 4 is 11.8 Å². The smallest absolute Gasteiger partial charge is 0.306 e. The number of carboxylic acid groups (broad SMARTS) is 1. The van der Waals surface area contributed by atoms with Crippen LogP contribution in [0.4, 0.5) is 0 Å². The van der Waals surface area contributed by atoms with Crippen molar-refractivity contribution in [3.8, 4) is 0 Å². The van der Waals surface area contributed by atoms with E-state index < -0.39 is 85.1 Å². The Kier molecular flexibility index (Phi) is 48.2. The fourth-order valence-electron chi connectivity index (χ4n) is 11.0. The summed E-state index contributed by atoms with van der Waals surface area (Å²) in [5.74, 6) is -1.81. The number of aliphatic hydroxyl groups excluding tert-OH is 12. The molecule has 0 aromatic heterocycles. The molecule has 16 atom stereocenters. The maximum atomic E-state index is 12.8. The SMILES string of the molecule is CC(CCCCCCCCCC(C)C(O)C(C)C(O)CCCCCCCCCCCCCC(O)C(C)C(=O)CC(O)CC(O)CCCC(O)CC(O)CC(O)CCCC(O)CC(O)CCCC(O)CC(O)CCCN)C(=O)O. The van der Waals surface area contributed by atoms with E-state index in [1.165, 1.54) is 38.5 Å². The number of ketones is 1. The second kappa shape index (κ2) is 49.1. The number of hydrogen-bond donors (Lipinski definition) is 14. The number of aliphatic hydroxyl groups is 12. The summed E-state index contributed by atoms with van der Waals surface area (Å²) >= 11 is 0. The second-order valence-electron chi connectivity index (χ2n) is 24.5. The van der Waals surface area contributed by atoms with Gasteiger partial charge in [0.1, 0.15) is 5.78 Å². The van der Waals surface area contributed by atoms with E-state index in [2.05, 4.69) is 6.92 Å². The number of Topliss-reactive ketones (excluding diaryl/α,β-unsaturated/α-hetero) is 1. The molecule has 16 nitrogen and oxygen atoms in total. The summed E-state index contributed by atoms with van der Waals surface area (Å²) in [6, 6.07) is 0. The third kappa shape index (κ3) is 43.3. The van der Waals surface area contributed by atoms with E-state index in [1.54, 1.807) is 13.8 Å². The molecule has 0 aliphatic heterocycles. The molecule has 0 fully saturated rings. The van der Waals surface area contributed by atoms with Gasteiger partial charge >= 0.3 is 5.97 Å². The number of rotatable bonds is 57. The zero-order valence-electron chi connectivity index (χ0n) is 49.7. The van der Waals surface area contributed by atoms with Crippen molar-refractivity contribution in [1.82, 2.24) is 0 Å². The number of nitrogens with two attached hydrogens (primary N) is 1. The van der Waals surface area contributed by atoms with Crippen LogP contribution in [-0.2, 0) is 9.59 Å². The Balaban J connectivity index is 3.98. The number of carbonyl (C=O) groups is 2. The second-order valence-corrected chi connectivity index (χ2v) is 24.5. The van der Waals surface area contributed by atoms with Gasteiger partial charge in [-0.2, -0.15) is 0 Å². The van der Waals surface area contributed by atoms with Gasteiger partial charge in [0.25, 0.3) is 0 Å². The van der Waals surface area contributed by atoms with Crippen LogP contribution in [0.5, 0.6) is 0 Å². The first-order valence-corrected chi connectivity index (χ1v) is 31.7. The molecule has 0 aliphatic carbocycles. The van der Waals surface area contributed by atoms with Crippen LogP contribution in [0.2, 0.25) is 0 Å². The van der Waals surface area contributed by atoms with Crippen molar-refractivity contribution in [2.45, 2.75) is 351 Å². The first-order valence-electron chi connectivity index (χ1n) is 31.7. The first-order chi connectivity index (χ1) is 37.1. The Hall–Kier alpha value is -1.38. The molecule has 0 aromatic carbocycles. The monoisotopic (exact) mass is 1120 g/mol. The Labute approximate surface area is 473 Å². The predicted octanol–water partition coefficient (Wildman–Crippen LogP) is 8.69. The molecule has 0 aromatic rings. The zero-order valence-corrected chi connectivity index (χ0v) is 49.7. The highest BCUT2D eigenvalue weighted by molar-refractivity contribution is 5.81. The summed E-state index contributed by atoms with van der Waals surface area (Å²) in [5, 5.41) is 134. The van der Waals surface area contributed by atoms with E-state index in [1.807, 2.05) is 6.92 Å².